The van der Waals surface area contributed by atoms with Crippen molar-refractivity contribution in [3.05, 3.63) is 37.3 Å². The second-order valence-electron chi connectivity index (χ2n) is 2.99. The smallest absolute Gasteiger partial charge is 1.00 e. The normalized spacial score (nSPS) is 9.32. The minimum atomic E-state index is -1.65. The van der Waals surface area contributed by atoms with Gasteiger partial charge in [0, 0.05) is 0 Å². The third-order valence-electron chi connectivity index (χ3n) is 1.43. The van der Waals surface area contributed by atoms with E-state index >= 15 is 0 Å². The number of rotatable bonds is 9. The van der Waals surface area contributed by atoms with Crippen molar-refractivity contribution in [2.45, 2.75) is 0 Å². The number of hydrogen-bond donors (Lipinski definition) is 0. The Bertz CT molecular complexity index is 271. The zero-order chi connectivity index (χ0) is 13.5. The van der Waals surface area contributed by atoms with E-state index in [9.17, 15) is 30.3 Å². The molecule has 0 unspecified atom stereocenters. The van der Waals surface area contributed by atoms with E-state index in [1.165, 1.54) is 0 Å². The molecule has 0 saturated carbocycles. The van der Waals surface area contributed by atoms with Gasteiger partial charge in [-0.3, -0.25) is 0 Å². The Morgan fingerprint density at radius 1 is 0.842 bits per heavy atom. The van der Waals surface area contributed by atoms with Gasteiger partial charge in [0.1, 0.15) is 0 Å². The average Bonchev–Trinajstić information content (AvgIpc) is 2.21. The Morgan fingerprint density at radius 2 is 1.05 bits per heavy atom. The van der Waals surface area contributed by atoms with Gasteiger partial charge in [-0.2, -0.15) is 0 Å². The van der Waals surface area contributed by atoms with Crippen LogP contribution in [0.4, 0.5) is 0 Å². The predicted molar refractivity (Wildman–Crippen MR) is 52.4 cm³/mol. The fraction of sp³-hybridized carbons (Fsp3) is 0.800. The molecule has 0 radical (unpaired) electrons. The van der Waals surface area contributed by atoms with Crippen LogP contribution in [0.15, 0.2) is 0 Å². The molecule has 0 atom stereocenters. The van der Waals surface area contributed by atoms with Gasteiger partial charge in [-0.25, -0.2) is 0 Å². The molecule has 106 valence electrons. The van der Waals surface area contributed by atoms with Crippen LogP contribution in [-0.4, -0.2) is 58.1 Å². The molecular formula is C5H8BrMgN3O9. The molecule has 0 aromatic rings. The van der Waals surface area contributed by atoms with E-state index < -0.39 is 40.5 Å². The van der Waals surface area contributed by atoms with Gasteiger partial charge in [0.05, 0.1) is 19.8 Å². The molecule has 0 fully saturated rings. The van der Waals surface area contributed by atoms with Crippen molar-refractivity contribution in [2.24, 2.45) is 5.41 Å². The van der Waals surface area contributed by atoms with Crippen molar-refractivity contribution in [2.75, 3.05) is 19.8 Å². The fourth-order valence-electron chi connectivity index (χ4n) is 0.694. The van der Waals surface area contributed by atoms with Crippen molar-refractivity contribution in [1.82, 2.24) is 0 Å². The van der Waals surface area contributed by atoms with Crippen molar-refractivity contribution >= 4 is 23.1 Å². The summed E-state index contributed by atoms with van der Waals surface area (Å²) in [6, 6.07) is 0. The van der Waals surface area contributed by atoms with Gasteiger partial charge in [0.15, 0.2) is 0 Å². The summed E-state index contributed by atoms with van der Waals surface area (Å²) in [5.41, 5.74) is -1.65. The molecule has 0 aromatic carbocycles. The monoisotopic (exact) mass is 357 g/mol. The van der Waals surface area contributed by atoms with E-state index in [2.05, 4.69) is 21.4 Å². The van der Waals surface area contributed by atoms with E-state index in [0.29, 0.717) is 0 Å². The van der Waals surface area contributed by atoms with E-state index in [-0.39, 0.29) is 40.0 Å². The quantitative estimate of drug-likeness (QED) is 0.174. The summed E-state index contributed by atoms with van der Waals surface area (Å²) in [5.74, 6) is 0. The van der Waals surface area contributed by atoms with Crippen LogP contribution in [0.1, 0.15) is 0 Å². The van der Waals surface area contributed by atoms with Crippen molar-refractivity contribution in [1.29, 1.82) is 0 Å². The van der Waals surface area contributed by atoms with Crippen LogP contribution in [0.25, 0.3) is 0 Å². The summed E-state index contributed by atoms with van der Waals surface area (Å²) in [5, 5.41) is 26.3. The van der Waals surface area contributed by atoms with E-state index in [1.807, 2.05) is 0 Å². The Kier molecular flexibility index (Phi) is 13.0. The van der Waals surface area contributed by atoms with Crippen LogP contribution in [-0.2, 0) is 14.5 Å². The van der Waals surface area contributed by atoms with Crippen LogP contribution in [0, 0.1) is 42.7 Å². The molecule has 0 bridgehead atoms. The summed E-state index contributed by atoms with van der Waals surface area (Å²) >= 11 is 0. The van der Waals surface area contributed by atoms with Gasteiger partial charge >= 0.3 is 23.1 Å². The van der Waals surface area contributed by atoms with Crippen molar-refractivity contribution in [3.63, 3.8) is 0 Å². The maximum atomic E-state index is 9.93. The zero-order valence-corrected chi connectivity index (χ0v) is 12.4. The molecule has 0 amide bonds. The number of halogens is 1. The minimum absolute atomic E-state index is 0. The van der Waals surface area contributed by atoms with Gasteiger partial charge in [-0.15, -0.1) is 30.3 Å². The van der Waals surface area contributed by atoms with Crippen LogP contribution in [0.2, 0.25) is 0 Å². The first-order chi connectivity index (χ1) is 7.75. The summed E-state index contributed by atoms with van der Waals surface area (Å²) < 4.78 is 0. The molecule has 0 heterocycles. The molecule has 0 aliphatic heterocycles. The Hall–Kier alpha value is -1.15. The molecule has 0 N–H and O–H groups in total. The molecular weight excluding hydrogens is 350 g/mol. The standard InChI is InChI=1S/C5H8N3O9.BrH.Mg/c1-5(2-15-6(9)10,3-16-7(11)12)4-17-8(13)14;;/h1-4H2;1H;/q-1;;+2/p-1. The van der Waals surface area contributed by atoms with Gasteiger partial charge in [-0.05, 0) is 0 Å². The molecule has 0 saturated heterocycles. The number of hydrogen-bond acceptors (Lipinski definition) is 9. The maximum absolute atomic E-state index is 9.93. The Labute approximate surface area is 132 Å². The Morgan fingerprint density at radius 3 is 1.21 bits per heavy atom. The number of nitrogens with zero attached hydrogens (tertiary/aromatic N) is 3. The molecule has 19 heavy (non-hydrogen) atoms. The summed E-state index contributed by atoms with van der Waals surface area (Å²) in [4.78, 5) is 41.6. The molecule has 0 rings (SSSR count). The first kappa shape index (κ1) is 23.0. The first-order valence-electron chi connectivity index (χ1n) is 3.92. The Balaban J connectivity index is -0.00000128. The topological polar surface area (TPSA) is 157 Å². The van der Waals surface area contributed by atoms with Gasteiger partial charge in [-0.1, -0.05) is 5.41 Å². The molecule has 0 aliphatic rings. The largest absolute Gasteiger partial charge is 2.00 e. The van der Waals surface area contributed by atoms with E-state index in [0.717, 1.165) is 0 Å². The van der Waals surface area contributed by atoms with Gasteiger partial charge in [0.25, 0.3) is 15.3 Å². The summed E-state index contributed by atoms with van der Waals surface area (Å²) in [6.45, 7) is 1.05. The van der Waals surface area contributed by atoms with Gasteiger partial charge < -0.3 is 38.4 Å². The van der Waals surface area contributed by atoms with E-state index in [4.69, 9.17) is 0 Å². The maximum Gasteiger partial charge on any atom is 2.00 e. The molecule has 14 heteroatoms. The second-order valence-corrected chi connectivity index (χ2v) is 2.99. The van der Waals surface area contributed by atoms with Crippen LogP contribution >= 0.6 is 0 Å². The van der Waals surface area contributed by atoms with Gasteiger partial charge in [0.2, 0.25) is 0 Å². The predicted octanol–water partition coefficient (Wildman–Crippen LogP) is -3.95. The first-order valence-corrected chi connectivity index (χ1v) is 3.92. The third-order valence-corrected chi connectivity index (χ3v) is 1.43. The van der Waals surface area contributed by atoms with Crippen LogP contribution in [0.3, 0.4) is 0 Å². The molecule has 0 aromatic heterocycles. The average molecular weight is 358 g/mol. The molecule has 0 spiro atoms. The van der Waals surface area contributed by atoms with E-state index in [1.54, 1.807) is 0 Å². The molecule has 12 nitrogen and oxygen atoms in total. The third kappa shape index (κ3) is 13.1. The van der Waals surface area contributed by atoms with Crippen LogP contribution in [0.5, 0.6) is 0 Å². The summed E-state index contributed by atoms with van der Waals surface area (Å²) in [6.07, 6.45) is 0. The SMILES string of the molecule is [Br-].[CH2-]C(CO[N+](=O)[O-])(CO[N+](=O)[O-])CO[N+](=O)[O-].[Mg+2]. The summed E-state index contributed by atoms with van der Waals surface area (Å²) in [7, 11) is 0. The zero-order valence-electron chi connectivity index (χ0n) is 9.43. The second kappa shape index (κ2) is 10.7. The fourth-order valence-corrected chi connectivity index (χ4v) is 0.694. The molecule has 0 aliphatic carbocycles. The van der Waals surface area contributed by atoms with Crippen molar-refractivity contribution < 1.29 is 46.8 Å². The van der Waals surface area contributed by atoms with Crippen molar-refractivity contribution in [3.8, 4) is 0 Å². The minimum Gasteiger partial charge on any atom is -1.00 e. The van der Waals surface area contributed by atoms with Crippen LogP contribution < -0.4 is 17.0 Å².